The minimum absolute atomic E-state index is 0. The van der Waals surface area contributed by atoms with E-state index < -0.39 is 11.6 Å². The molecule has 0 aliphatic rings. The van der Waals surface area contributed by atoms with Crippen molar-refractivity contribution < 1.29 is 9.59 Å². The van der Waals surface area contributed by atoms with Crippen molar-refractivity contribution in [1.29, 1.82) is 0 Å². The molecule has 136 valence electrons. The van der Waals surface area contributed by atoms with Crippen molar-refractivity contribution in [2.45, 2.75) is 52.6 Å². The van der Waals surface area contributed by atoms with Crippen molar-refractivity contribution in [3.05, 3.63) is 35.4 Å². The fourth-order valence-electron chi connectivity index (χ4n) is 2.21. The minimum Gasteiger partial charge on any atom is -0.346 e. The lowest BCUT2D eigenvalue weighted by Gasteiger charge is -2.27. The van der Waals surface area contributed by atoms with Gasteiger partial charge in [-0.3, -0.25) is 9.59 Å². The summed E-state index contributed by atoms with van der Waals surface area (Å²) in [5, 5.41) is 5.52. The van der Waals surface area contributed by atoms with E-state index in [0.29, 0.717) is 0 Å². The lowest BCUT2D eigenvalue weighted by molar-refractivity contribution is -0.128. The lowest BCUT2D eigenvalue weighted by Crippen LogP contribution is -2.50. The first-order valence-corrected chi connectivity index (χ1v) is 8.11. The van der Waals surface area contributed by atoms with E-state index in [-0.39, 0.29) is 36.7 Å². The van der Waals surface area contributed by atoms with E-state index >= 15 is 0 Å². The molecule has 24 heavy (non-hydrogen) atoms. The van der Waals surface area contributed by atoms with Gasteiger partial charge in [-0.15, -0.1) is 12.4 Å². The number of carbonyl (C=O) groups is 2. The first-order chi connectivity index (χ1) is 10.7. The molecule has 2 amide bonds. The zero-order valence-corrected chi connectivity index (χ0v) is 16.0. The second kappa shape index (κ2) is 9.64. The van der Waals surface area contributed by atoms with E-state index in [0.717, 1.165) is 12.0 Å². The maximum absolute atomic E-state index is 12.1. The van der Waals surface area contributed by atoms with Crippen molar-refractivity contribution in [3.8, 4) is 0 Å². The third kappa shape index (κ3) is 6.49. The molecule has 0 spiro atoms. The molecule has 1 atom stereocenters. The van der Waals surface area contributed by atoms with Gasteiger partial charge in [0.2, 0.25) is 11.8 Å². The Hall–Kier alpha value is -1.59. The molecule has 0 unspecified atom stereocenters. The number of rotatable bonds is 7. The third-order valence-corrected chi connectivity index (χ3v) is 3.98. The van der Waals surface area contributed by atoms with Crippen molar-refractivity contribution in [2.75, 3.05) is 6.54 Å². The normalized spacial score (nSPS) is 12.3. The number of aryl methyl sites for hydroxylation is 1. The number of benzene rings is 1. The minimum atomic E-state index is -0.600. The molecule has 1 aromatic carbocycles. The van der Waals surface area contributed by atoms with Gasteiger partial charge >= 0.3 is 0 Å². The predicted octanol–water partition coefficient (Wildman–Crippen LogP) is 2.12. The molecule has 0 aliphatic carbocycles. The molecule has 0 fully saturated rings. The zero-order chi connectivity index (χ0) is 17.6. The molecule has 0 bridgehead atoms. The number of nitrogens with one attached hydrogen (secondary N) is 2. The largest absolute Gasteiger partial charge is 0.346 e. The molecule has 0 aromatic heterocycles. The quantitative estimate of drug-likeness (QED) is 0.700. The number of nitrogens with two attached hydrogens (primary N) is 1. The van der Waals surface area contributed by atoms with Crippen LogP contribution in [0.2, 0.25) is 0 Å². The van der Waals surface area contributed by atoms with Crippen molar-refractivity contribution >= 4 is 24.2 Å². The highest BCUT2D eigenvalue weighted by molar-refractivity contribution is 5.87. The fourth-order valence-corrected chi connectivity index (χ4v) is 2.21. The van der Waals surface area contributed by atoms with Gasteiger partial charge in [-0.1, -0.05) is 45.0 Å². The van der Waals surface area contributed by atoms with Gasteiger partial charge in [0.1, 0.15) is 0 Å². The maximum atomic E-state index is 12.1. The van der Waals surface area contributed by atoms with Gasteiger partial charge in [-0.05, 0) is 37.3 Å². The monoisotopic (exact) mass is 355 g/mol. The standard InChI is InChI=1S/C18H29N3O2.ClH/c1-6-13-7-9-14(10-8-13)18(4,5)21-15(22)11-20-17(23)16(19)12(2)3;/h7-10,12,16H,6,11,19H2,1-5H3,(H,20,23)(H,21,22);1H/t16-;/m0./s1. The Morgan fingerprint density at radius 1 is 1.17 bits per heavy atom. The summed E-state index contributed by atoms with van der Waals surface area (Å²) in [6, 6.07) is 7.57. The average Bonchev–Trinajstić information content (AvgIpc) is 2.51. The highest BCUT2D eigenvalue weighted by atomic mass is 35.5. The molecule has 0 saturated heterocycles. The summed E-state index contributed by atoms with van der Waals surface area (Å²) in [7, 11) is 0. The van der Waals surface area contributed by atoms with Gasteiger partial charge in [-0.2, -0.15) is 0 Å². The molecule has 4 N–H and O–H groups in total. The first-order valence-electron chi connectivity index (χ1n) is 8.11. The van der Waals surface area contributed by atoms with Crippen LogP contribution in [0.15, 0.2) is 24.3 Å². The van der Waals surface area contributed by atoms with E-state index in [9.17, 15) is 9.59 Å². The molecular formula is C18H30ClN3O2. The summed E-state index contributed by atoms with van der Waals surface area (Å²) in [5.41, 5.74) is 7.52. The van der Waals surface area contributed by atoms with Crippen LogP contribution in [0.5, 0.6) is 0 Å². The number of amides is 2. The number of halogens is 1. The smallest absolute Gasteiger partial charge is 0.240 e. The predicted molar refractivity (Wildman–Crippen MR) is 100 cm³/mol. The zero-order valence-electron chi connectivity index (χ0n) is 15.2. The summed E-state index contributed by atoms with van der Waals surface area (Å²) in [5.74, 6) is -0.509. The number of hydrogen-bond acceptors (Lipinski definition) is 3. The third-order valence-electron chi connectivity index (χ3n) is 3.98. The molecule has 0 saturated carbocycles. The van der Waals surface area contributed by atoms with Gasteiger partial charge in [0.15, 0.2) is 0 Å². The van der Waals surface area contributed by atoms with Crippen molar-refractivity contribution in [2.24, 2.45) is 11.7 Å². The summed E-state index contributed by atoms with van der Waals surface area (Å²) < 4.78 is 0. The highest BCUT2D eigenvalue weighted by Crippen LogP contribution is 2.20. The van der Waals surface area contributed by atoms with Gasteiger partial charge in [-0.25, -0.2) is 0 Å². The molecular weight excluding hydrogens is 326 g/mol. The van der Waals surface area contributed by atoms with E-state index in [2.05, 4.69) is 29.7 Å². The maximum Gasteiger partial charge on any atom is 0.240 e. The molecule has 6 heteroatoms. The Balaban J connectivity index is 0.00000529. The van der Waals surface area contributed by atoms with Crippen LogP contribution >= 0.6 is 12.4 Å². The summed E-state index contributed by atoms with van der Waals surface area (Å²) in [4.78, 5) is 23.9. The van der Waals surface area contributed by atoms with Crippen LogP contribution in [-0.4, -0.2) is 24.4 Å². The van der Waals surface area contributed by atoms with Crippen LogP contribution in [0.1, 0.15) is 45.7 Å². The molecule has 0 radical (unpaired) electrons. The van der Waals surface area contributed by atoms with Crippen LogP contribution in [0, 0.1) is 5.92 Å². The Morgan fingerprint density at radius 3 is 2.17 bits per heavy atom. The lowest BCUT2D eigenvalue weighted by atomic mass is 9.93. The Kier molecular flexibility index (Phi) is 9.01. The van der Waals surface area contributed by atoms with Gasteiger partial charge < -0.3 is 16.4 Å². The second-order valence-electron chi connectivity index (χ2n) is 6.71. The highest BCUT2D eigenvalue weighted by Gasteiger charge is 2.23. The van der Waals surface area contributed by atoms with Crippen LogP contribution in [0.25, 0.3) is 0 Å². The number of carbonyl (C=O) groups excluding carboxylic acids is 2. The van der Waals surface area contributed by atoms with Gasteiger partial charge in [0.25, 0.3) is 0 Å². The van der Waals surface area contributed by atoms with Crippen LogP contribution in [0.3, 0.4) is 0 Å². The fraction of sp³-hybridized carbons (Fsp3) is 0.556. The van der Waals surface area contributed by atoms with Crippen molar-refractivity contribution in [3.63, 3.8) is 0 Å². The van der Waals surface area contributed by atoms with E-state index in [4.69, 9.17) is 5.73 Å². The van der Waals surface area contributed by atoms with Crippen molar-refractivity contribution in [1.82, 2.24) is 10.6 Å². The second-order valence-corrected chi connectivity index (χ2v) is 6.71. The molecule has 5 nitrogen and oxygen atoms in total. The van der Waals surface area contributed by atoms with E-state index in [1.54, 1.807) is 0 Å². The number of hydrogen-bond donors (Lipinski definition) is 3. The Morgan fingerprint density at radius 2 is 1.71 bits per heavy atom. The average molecular weight is 356 g/mol. The topological polar surface area (TPSA) is 84.2 Å². The molecule has 1 aromatic rings. The van der Waals surface area contributed by atoms with E-state index in [1.165, 1.54) is 5.56 Å². The Labute approximate surface area is 151 Å². The Bertz CT molecular complexity index is 542. The summed E-state index contributed by atoms with van der Waals surface area (Å²) in [6.45, 7) is 9.64. The summed E-state index contributed by atoms with van der Waals surface area (Å²) in [6.07, 6.45) is 0.981. The molecule has 1 rings (SSSR count). The van der Waals surface area contributed by atoms with E-state index in [1.807, 2.05) is 39.8 Å². The van der Waals surface area contributed by atoms with Gasteiger partial charge in [0, 0.05) is 0 Å². The first kappa shape index (κ1) is 22.4. The van der Waals surface area contributed by atoms with Crippen LogP contribution in [0.4, 0.5) is 0 Å². The molecule has 0 aliphatic heterocycles. The SMILES string of the molecule is CCc1ccc(C(C)(C)NC(=O)CNC(=O)[C@@H](N)C(C)C)cc1.Cl. The van der Waals surface area contributed by atoms with Gasteiger partial charge in [0.05, 0.1) is 18.1 Å². The van der Waals surface area contributed by atoms with Crippen LogP contribution in [-0.2, 0) is 21.5 Å². The molecule has 0 heterocycles. The summed E-state index contributed by atoms with van der Waals surface area (Å²) >= 11 is 0. The van der Waals surface area contributed by atoms with Crippen LogP contribution < -0.4 is 16.4 Å².